The number of rotatable bonds is 43. The summed E-state index contributed by atoms with van der Waals surface area (Å²) in [5.41, 5.74) is 1.52. The number of carbonyl (C=O) groups is 8. The van der Waals surface area contributed by atoms with Crippen molar-refractivity contribution >= 4 is 85.5 Å². The number of carbonyl (C=O) groups excluding carboxylic acids is 4. The maximum absolute atomic E-state index is 13.8. The van der Waals surface area contributed by atoms with Crippen molar-refractivity contribution in [1.82, 2.24) is 60.1 Å². The lowest BCUT2D eigenvalue weighted by Gasteiger charge is -2.33. The second kappa shape index (κ2) is 42.0. The van der Waals surface area contributed by atoms with Crippen LogP contribution in [0.2, 0.25) is 0 Å². The molecule has 0 bridgehead atoms. The molecule has 0 radical (unpaired) electrons. The zero-order valence-electron chi connectivity index (χ0n) is 57.5. The molecule has 2 atom stereocenters. The minimum Gasteiger partial charge on any atom is -0.494 e. The Balaban J connectivity index is 0.840. The first-order chi connectivity index (χ1) is 49.0. The van der Waals surface area contributed by atoms with E-state index in [9.17, 15) is 85.7 Å². The predicted molar refractivity (Wildman–Crippen MR) is 374 cm³/mol. The van der Waals surface area contributed by atoms with Gasteiger partial charge in [-0.25, -0.2) is 13.4 Å². The minimum atomic E-state index is -4.49. The number of ether oxygens (including phenoxy) is 4. The van der Waals surface area contributed by atoms with Crippen molar-refractivity contribution in [2.24, 2.45) is 7.05 Å². The molecule has 38 heteroatoms. The van der Waals surface area contributed by atoms with Gasteiger partial charge in [0.2, 0.25) is 33.2 Å². The van der Waals surface area contributed by atoms with Crippen molar-refractivity contribution in [1.29, 1.82) is 0 Å². The van der Waals surface area contributed by atoms with Crippen molar-refractivity contribution in [2.75, 3.05) is 150 Å². The quantitative estimate of drug-likeness (QED) is 0.0238. The summed E-state index contributed by atoms with van der Waals surface area (Å²) in [6.07, 6.45) is 5.94. The third-order valence-corrected chi connectivity index (χ3v) is 18.1. The number of sulfonamides is 1. The van der Waals surface area contributed by atoms with Gasteiger partial charge in [-0.2, -0.15) is 4.72 Å². The molecule has 1 saturated heterocycles. The highest BCUT2D eigenvalue weighted by atomic mass is 32.3. The first-order valence-electron chi connectivity index (χ1n) is 33.1. The number of hydrogen-bond acceptors (Lipinski definition) is 25. The van der Waals surface area contributed by atoms with Gasteiger partial charge >= 0.3 is 23.9 Å². The molecule has 6 rings (SSSR count). The van der Waals surface area contributed by atoms with Gasteiger partial charge in [-0.3, -0.25) is 76.4 Å². The van der Waals surface area contributed by atoms with Gasteiger partial charge in [0.15, 0.2) is 5.95 Å². The maximum atomic E-state index is 13.8. The summed E-state index contributed by atoms with van der Waals surface area (Å²) in [5, 5.41) is 52.9. The molecule has 3 aromatic carbocycles. The van der Waals surface area contributed by atoms with Crippen LogP contribution < -0.4 is 45.7 Å². The molecule has 0 unspecified atom stereocenters. The number of carboxylic acids is 4. The van der Waals surface area contributed by atoms with Gasteiger partial charge in [0.25, 0.3) is 17.1 Å². The number of nitrogens with one attached hydrogen (secondary N) is 7. The largest absolute Gasteiger partial charge is 0.494 e. The smallest absolute Gasteiger partial charge is 0.323 e. The van der Waals surface area contributed by atoms with Crippen LogP contribution in [0.4, 0.5) is 5.95 Å². The first kappa shape index (κ1) is 83.1. The van der Waals surface area contributed by atoms with Crippen LogP contribution in [0, 0.1) is 13.8 Å². The summed E-state index contributed by atoms with van der Waals surface area (Å²) in [4.78, 5) is 128. The van der Waals surface area contributed by atoms with Gasteiger partial charge in [-0.05, 0) is 91.8 Å². The maximum Gasteiger partial charge on any atom is 0.323 e. The van der Waals surface area contributed by atoms with Gasteiger partial charge in [-0.15, -0.1) is 0 Å². The van der Waals surface area contributed by atoms with E-state index in [2.05, 4.69) is 41.3 Å². The van der Waals surface area contributed by atoms with Crippen LogP contribution >= 0.6 is 11.2 Å². The highest BCUT2D eigenvalue weighted by Crippen LogP contribution is 2.36. The van der Waals surface area contributed by atoms with Gasteiger partial charge in [0.1, 0.15) is 29.1 Å². The molecule has 0 spiro atoms. The third kappa shape index (κ3) is 30.1. The molecule has 103 heavy (non-hydrogen) atoms. The van der Waals surface area contributed by atoms with Crippen molar-refractivity contribution in [3.8, 4) is 11.5 Å². The number of aliphatic carboxylic acids is 4. The molecule has 0 saturated carbocycles. The molecule has 2 aromatic heterocycles. The fourth-order valence-electron chi connectivity index (χ4n) is 10.9. The van der Waals surface area contributed by atoms with Crippen molar-refractivity contribution in [3.05, 3.63) is 111 Å². The highest BCUT2D eigenvalue weighted by molar-refractivity contribution is 8.15. The Morgan fingerprint density at radius 3 is 1.68 bits per heavy atom. The number of hydrogen-bond donors (Lipinski definition) is 14. The van der Waals surface area contributed by atoms with Crippen LogP contribution in [0.3, 0.4) is 0 Å². The molecular weight excluding hydrogens is 1390 g/mol. The molecule has 568 valence electrons. The van der Waals surface area contributed by atoms with E-state index in [0.29, 0.717) is 61.7 Å². The summed E-state index contributed by atoms with van der Waals surface area (Å²) in [6, 6.07) is 10.7. The average molecular weight is 1490 g/mol. The lowest BCUT2D eigenvalue weighted by molar-refractivity contribution is -0.140. The number of anilines is 1. The molecule has 5 aromatic rings. The standard InChI is InChI=1S/C65H93N13O23S2/c1-44-33-49(34-45(2)61(44)102(92,93)73-53(64(90)91)38-70-62(88)51-39-74(3)54-36-47(10-13-50(54)60(51)87)37-71-65-68-16-17-69-65)100-28-4-7-55(79)66-14-5-26-97-29-31-99-32-30-98-27-6-15-67-63(89)52(35-46-8-11-48(12-9-46)101-103(94,95)96)72-56(80)40-75-18-20-76(41-57(81)82)22-24-78(43-59(85)86)25-23-77(21-19-75)42-58(83)84/h8-13,16-17,33-34,36,39,52-53,73,94-96H,4-7,14-15,18-32,35,37-38,40-43H2,1-3H3,(H,66,79)(H,67,89)(H,70,88)(H,72,80)(H,81,82)(H,83,84)(H,85,86)(H,90,91)(H2,68,69,71)/t52-,53+/m1/s1. The SMILES string of the molecule is Cc1cc(OCCCC(=O)NCCCOCCOCCOCCCNC(=O)[C@@H](Cc2ccc(OS(O)(O)O)cc2)NC(=O)CN2CCN(CC(=O)O)CCN(CC(=O)O)CCN(CC(=O)O)CC2)cc(C)c1S(=O)(=O)N[C@@H](CNC(=O)c1cn(C)c2cc(CNc3ncc[nH]3)ccc2c1=O)C(=O)O. The van der Waals surface area contributed by atoms with Crippen LogP contribution in [0.25, 0.3) is 10.9 Å². The number of aromatic nitrogens is 3. The molecule has 3 heterocycles. The second-order valence-corrected chi connectivity index (χ2v) is 26.9. The van der Waals surface area contributed by atoms with Crippen molar-refractivity contribution < 1.29 is 104 Å². The van der Waals surface area contributed by atoms with E-state index in [1.165, 1.54) is 56.4 Å². The Bertz CT molecular complexity index is 3750. The summed E-state index contributed by atoms with van der Waals surface area (Å²) in [5.74, 6) is -6.31. The van der Waals surface area contributed by atoms with Crippen molar-refractivity contribution in [2.45, 2.75) is 69.5 Å². The number of carboxylic acid groups (broad SMARTS) is 4. The number of amides is 4. The Kier molecular flexibility index (Phi) is 33.9. The molecular formula is C65H93N13O23S2. The molecule has 1 fully saturated rings. The lowest BCUT2D eigenvalue weighted by Crippen LogP contribution is -2.53. The van der Waals surface area contributed by atoms with Crippen LogP contribution in [0.5, 0.6) is 11.5 Å². The summed E-state index contributed by atoms with van der Waals surface area (Å²) in [7, 11) is -2.84. The molecule has 4 amide bonds. The zero-order valence-corrected chi connectivity index (χ0v) is 59.2. The predicted octanol–water partition coefficient (Wildman–Crippen LogP) is 0.594. The summed E-state index contributed by atoms with van der Waals surface area (Å²) < 4.78 is 86.5. The Hall–Kier alpha value is -8.90. The molecule has 0 aliphatic carbocycles. The normalized spacial score (nSPS) is 14.7. The number of aromatic amines is 1. The van der Waals surface area contributed by atoms with E-state index in [1.54, 1.807) is 61.8 Å². The van der Waals surface area contributed by atoms with E-state index >= 15 is 0 Å². The number of fused-ring (bicyclic) bond motifs is 1. The van der Waals surface area contributed by atoms with Crippen LogP contribution in [-0.2, 0) is 77.8 Å². The fraction of sp³-hybridized carbons (Fsp3) is 0.508. The van der Waals surface area contributed by atoms with E-state index in [-0.39, 0.29) is 176 Å². The highest BCUT2D eigenvalue weighted by Gasteiger charge is 2.31. The minimum absolute atomic E-state index is 0.0397. The van der Waals surface area contributed by atoms with Gasteiger partial charge in [-0.1, -0.05) is 18.2 Å². The topological polar surface area (TPSA) is 494 Å². The average Bonchev–Trinajstić information content (AvgIpc) is 0.983. The number of H-pyrrole nitrogens is 1. The molecule has 1 aliphatic rings. The number of imidazole rings is 1. The van der Waals surface area contributed by atoms with E-state index in [1.807, 2.05) is 0 Å². The molecule has 36 nitrogen and oxygen atoms in total. The summed E-state index contributed by atoms with van der Waals surface area (Å²) in [6.45, 7) is 5.09. The van der Waals surface area contributed by atoms with Gasteiger partial charge in [0, 0.05) is 136 Å². The molecule has 14 N–H and O–H groups in total. The lowest BCUT2D eigenvalue weighted by atomic mass is 10.0. The van der Waals surface area contributed by atoms with Crippen LogP contribution in [-0.4, -0.2) is 281 Å². The number of benzene rings is 3. The Morgan fingerprint density at radius 2 is 1.16 bits per heavy atom. The second-order valence-electron chi connectivity index (χ2n) is 24.2. The van der Waals surface area contributed by atoms with E-state index < -0.39 is 86.8 Å². The van der Waals surface area contributed by atoms with Gasteiger partial charge < -0.3 is 79.7 Å². The van der Waals surface area contributed by atoms with E-state index in [0.717, 1.165) is 5.56 Å². The van der Waals surface area contributed by atoms with Crippen LogP contribution in [0.15, 0.2) is 82.9 Å². The Morgan fingerprint density at radius 1 is 0.621 bits per heavy atom. The fourth-order valence-corrected chi connectivity index (χ4v) is 12.9. The van der Waals surface area contributed by atoms with Gasteiger partial charge in [0.05, 0.1) is 69.6 Å². The van der Waals surface area contributed by atoms with Crippen molar-refractivity contribution in [3.63, 3.8) is 0 Å². The third-order valence-electron chi connectivity index (χ3n) is 15.9. The first-order valence-corrected chi connectivity index (χ1v) is 36.0. The monoisotopic (exact) mass is 1490 g/mol. The Labute approximate surface area is 596 Å². The molecule has 1 aliphatic heterocycles. The van der Waals surface area contributed by atoms with Crippen LogP contribution in [0.1, 0.15) is 58.3 Å². The summed E-state index contributed by atoms with van der Waals surface area (Å²) >= 11 is -4.32. The van der Waals surface area contributed by atoms with E-state index in [4.69, 9.17) is 23.1 Å². The number of nitrogens with zero attached hydrogens (tertiary/aromatic N) is 6. The number of pyridine rings is 1. The number of aryl methyl sites for hydroxylation is 3. The zero-order chi connectivity index (χ0) is 75.1.